The first-order chi connectivity index (χ1) is 12.8. The van der Waals surface area contributed by atoms with E-state index in [-0.39, 0.29) is 36.4 Å². The van der Waals surface area contributed by atoms with Gasteiger partial charge in [-0.1, -0.05) is 0 Å². The van der Waals surface area contributed by atoms with Crippen LogP contribution in [0.3, 0.4) is 0 Å². The molecule has 4 fully saturated rings. The fourth-order valence-corrected chi connectivity index (χ4v) is 7.02. The Bertz CT molecular complexity index is 740. The van der Waals surface area contributed by atoms with Gasteiger partial charge in [0, 0.05) is 27.2 Å². The number of Topliss-reactive ketones (excluding diaryl/α,β-unsaturated/α-hetero) is 2. The van der Waals surface area contributed by atoms with Gasteiger partial charge in [0.1, 0.15) is 0 Å². The van der Waals surface area contributed by atoms with Crippen molar-refractivity contribution >= 4 is 28.9 Å². The molecule has 5 rings (SSSR count). The van der Waals surface area contributed by atoms with Crippen LogP contribution in [0.1, 0.15) is 71.5 Å². The number of carbonyl (C=O) groups excluding carboxylic acids is 3. The Labute approximate surface area is 164 Å². The third-order valence-corrected chi connectivity index (χ3v) is 7.86. The molecule has 4 saturated carbocycles. The van der Waals surface area contributed by atoms with E-state index in [1.165, 1.54) is 19.3 Å². The number of hydrogen-bond donors (Lipinski definition) is 0. The van der Waals surface area contributed by atoms with E-state index >= 15 is 0 Å². The van der Waals surface area contributed by atoms with Crippen molar-refractivity contribution in [2.75, 3.05) is 6.61 Å². The van der Waals surface area contributed by atoms with Crippen molar-refractivity contribution in [2.45, 2.75) is 65.2 Å². The number of ether oxygens (including phenoxy) is 1. The van der Waals surface area contributed by atoms with E-state index in [4.69, 9.17) is 4.74 Å². The standard InChI is InChI=1S/C22H28O4S/c1-13-5-18(14(2)27-13)19(23)3-4-21(25)26-12-20(24)22-9-15-6-16(10-22)8-17(7-15)11-22/h5,15-17H,3-4,6-12H2,1-2H3. The predicted octanol–water partition coefficient (Wildman–Crippen LogP) is 4.66. The molecule has 0 radical (unpaired) electrons. The molecule has 1 aromatic rings. The highest BCUT2D eigenvalue weighted by molar-refractivity contribution is 7.12. The first-order valence-electron chi connectivity index (χ1n) is 10.1. The Morgan fingerprint density at radius 2 is 1.63 bits per heavy atom. The molecule has 0 N–H and O–H groups in total. The summed E-state index contributed by atoms with van der Waals surface area (Å²) in [5, 5.41) is 0. The molecule has 1 heterocycles. The van der Waals surface area contributed by atoms with E-state index in [9.17, 15) is 14.4 Å². The summed E-state index contributed by atoms with van der Waals surface area (Å²) in [5.74, 6) is 1.75. The van der Waals surface area contributed by atoms with E-state index in [1.807, 2.05) is 19.9 Å². The molecule has 5 heteroatoms. The van der Waals surface area contributed by atoms with Gasteiger partial charge in [-0.15, -0.1) is 11.3 Å². The zero-order valence-corrected chi connectivity index (χ0v) is 17.0. The van der Waals surface area contributed by atoms with Gasteiger partial charge in [0.15, 0.2) is 18.2 Å². The normalized spacial score (nSPS) is 31.1. The summed E-state index contributed by atoms with van der Waals surface area (Å²) in [6.07, 6.45) is 7.02. The van der Waals surface area contributed by atoms with Crippen LogP contribution in [-0.2, 0) is 14.3 Å². The van der Waals surface area contributed by atoms with Crippen LogP contribution in [-0.4, -0.2) is 24.1 Å². The first-order valence-corrected chi connectivity index (χ1v) is 11.0. The fourth-order valence-electron chi connectivity index (χ4n) is 6.08. The van der Waals surface area contributed by atoms with Gasteiger partial charge in [-0.3, -0.25) is 14.4 Å². The Morgan fingerprint density at radius 3 is 2.15 bits per heavy atom. The SMILES string of the molecule is Cc1cc(C(=O)CCC(=O)OCC(=O)C23CC4CC(CC(C4)C2)C3)c(C)s1. The quantitative estimate of drug-likeness (QED) is 0.504. The number of hydrogen-bond acceptors (Lipinski definition) is 5. The molecule has 4 bridgehead atoms. The zero-order valence-electron chi connectivity index (χ0n) is 16.2. The van der Waals surface area contributed by atoms with Gasteiger partial charge in [-0.25, -0.2) is 0 Å². The first kappa shape index (κ1) is 18.9. The maximum atomic E-state index is 12.9. The molecule has 1 aromatic heterocycles. The van der Waals surface area contributed by atoms with Gasteiger partial charge >= 0.3 is 5.97 Å². The minimum Gasteiger partial charge on any atom is -0.458 e. The second kappa shape index (κ2) is 7.16. The van der Waals surface area contributed by atoms with Crippen molar-refractivity contribution in [3.05, 3.63) is 21.4 Å². The fraction of sp³-hybridized carbons (Fsp3) is 0.682. The second-order valence-corrected chi connectivity index (χ2v) is 10.5. The summed E-state index contributed by atoms with van der Waals surface area (Å²) in [6.45, 7) is 3.78. The van der Waals surface area contributed by atoms with E-state index in [0.717, 1.165) is 29.0 Å². The Kier molecular flexibility index (Phi) is 5.00. The van der Waals surface area contributed by atoms with Gasteiger partial charge < -0.3 is 4.74 Å². The maximum absolute atomic E-state index is 12.9. The number of ketones is 2. The molecule has 27 heavy (non-hydrogen) atoms. The van der Waals surface area contributed by atoms with Crippen LogP contribution in [0, 0.1) is 37.0 Å². The van der Waals surface area contributed by atoms with Crippen LogP contribution in [0.5, 0.6) is 0 Å². The average Bonchev–Trinajstić information content (AvgIpc) is 2.94. The minimum absolute atomic E-state index is 0.0267. The molecule has 4 aliphatic carbocycles. The highest BCUT2D eigenvalue weighted by atomic mass is 32.1. The van der Waals surface area contributed by atoms with Crippen molar-refractivity contribution in [1.82, 2.24) is 0 Å². The van der Waals surface area contributed by atoms with Crippen LogP contribution in [0.2, 0.25) is 0 Å². The number of thiophene rings is 1. The second-order valence-electron chi connectivity index (χ2n) is 9.03. The van der Waals surface area contributed by atoms with Gasteiger partial charge in [0.05, 0.1) is 6.42 Å². The highest BCUT2D eigenvalue weighted by Gasteiger charge is 2.54. The molecular weight excluding hydrogens is 360 g/mol. The van der Waals surface area contributed by atoms with E-state index in [1.54, 1.807) is 11.3 Å². The molecule has 4 aliphatic rings. The van der Waals surface area contributed by atoms with Gasteiger partial charge in [0.25, 0.3) is 0 Å². The Morgan fingerprint density at radius 1 is 1.04 bits per heavy atom. The van der Waals surface area contributed by atoms with Crippen LogP contribution < -0.4 is 0 Å². The van der Waals surface area contributed by atoms with Crippen molar-refractivity contribution in [1.29, 1.82) is 0 Å². The van der Waals surface area contributed by atoms with Crippen LogP contribution in [0.4, 0.5) is 0 Å². The lowest BCUT2D eigenvalue weighted by molar-refractivity contribution is -0.157. The molecule has 0 spiro atoms. The Balaban J connectivity index is 1.26. The summed E-state index contributed by atoms with van der Waals surface area (Å²) in [6, 6.07) is 1.88. The lowest BCUT2D eigenvalue weighted by atomic mass is 9.48. The smallest absolute Gasteiger partial charge is 0.306 e. The third-order valence-electron chi connectivity index (χ3n) is 6.89. The summed E-state index contributed by atoms with van der Waals surface area (Å²) < 4.78 is 5.28. The lowest BCUT2D eigenvalue weighted by Gasteiger charge is -2.55. The third kappa shape index (κ3) is 3.75. The number of aryl methyl sites for hydroxylation is 2. The molecule has 0 aromatic carbocycles. The number of esters is 1. The molecule has 0 aliphatic heterocycles. The van der Waals surface area contributed by atoms with Crippen molar-refractivity contribution in [3.8, 4) is 0 Å². The predicted molar refractivity (Wildman–Crippen MR) is 104 cm³/mol. The summed E-state index contributed by atoms with van der Waals surface area (Å²) in [7, 11) is 0. The minimum atomic E-state index is -0.439. The van der Waals surface area contributed by atoms with E-state index < -0.39 is 5.97 Å². The maximum Gasteiger partial charge on any atom is 0.306 e. The molecule has 146 valence electrons. The average molecular weight is 389 g/mol. The molecule has 4 nitrogen and oxygen atoms in total. The van der Waals surface area contributed by atoms with Crippen LogP contribution >= 0.6 is 11.3 Å². The largest absolute Gasteiger partial charge is 0.458 e. The molecular formula is C22H28O4S. The summed E-state index contributed by atoms with van der Waals surface area (Å²) in [5.41, 5.74) is 0.478. The van der Waals surface area contributed by atoms with Crippen molar-refractivity contribution < 1.29 is 19.1 Å². The number of rotatable bonds is 7. The van der Waals surface area contributed by atoms with Crippen molar-refractivity contribution in [3.63, 3.8) is 0 Å². The van der Waals surface area contributed by atoms with E-state index in [2.05, 4.69) is 0 Å². The molecule has 0 atom stereocenters. The van der Waals surface area contributed by atoms with Crippen LogP contribution in [0.25, 0.3) is 0 Å². The molecule has 0 amide bonds. The van der Waals surface area contributed by atoms with E-state index in [0.29, 0.717) is 23.3 Å². The van der Waals surface area contributed by atoms with Gasteiger partial charge in [-0.05, 0) is 76.2 Å². The van der Waals surface area contributed by atoms with Crippen LogP contribution in [0.15, 0.2) is 6.07 Å². The van der Waals surface area contributed by atoms with Crippen molar-refractivity contribution in [2.24, 2.45) is 23.2 Å². The number of carbonyl (C=O) groups is 3. The molecule has 0 saturated heterocycles. The molecule has 0 unspecified atom stereocenters. The monoisotopic (exact) mass is 388 g/mol. The topological polar surface area (TPSA) is 60.4 Å². The Hall–Kier alpha value is -1.49. The van der Waals surface area contributed by atoms with Gasteiger partial charge in [0.2, 0.25) is 0 Å². The van der Waals surface area contributed by atoms with Gasteiger partial charge in [-0.2, -0.15) is 0 Å². The summed E-state index contributed by atoms with van der Waals surface area (Å²) >= 11 is 1.59. The lowest BCUT2D eigenvalue weighted by Crippen LogP contribution is -2.51. The zero-order chi connectivity index (χ0) is 19.2. The highest BCUT2D eigenvalue weighted by Crippen LogP contribution is 2.60. The summed E-state index contributed by atoms with van der Waals surface area (Å²) in [4.78, 5) is 39.3.